The molecular formula is C20H32O7. The Kier molecular flexibility index (Phi) is 3.89. The first-order chi connectivity index (χ1) is 12.3. The molecule has 7 nitrogen and oxygen atoms in total. The van der Waals surface area contributed by atoms with Crippen LogP contribution in [-0.2, 0) is 4.79 Å². The fraction of sp³-hybridized carbons (Fsp3) is 0.950. The third kappa shape index (κ3) is 2.01. The van der Waals surface area contributed by atoms with Crippen LogP contribution in [-0.4, -0.2) is 72.5 Å². The summed E-state index contributed by atoms with van der Waals surface area (Å²) >= 11 is 0. The van der Waals surface area contributed by atoms with E-state index in [-0.39, 0.29) is 23.7 Å². The molecule has 0 heterocycles. The van der Waals surface area contributed by atoms with E-state index < -0.39 is 65.1 Å². The highest BCUT2D eigenvalue weighted by Crippen LogP contribution is 2.74. The first-order valence-corrected chi connectivity index (χ1v) is 9.94. The number of Topliss-reactive ketones (excluding diaryl/α,β-unsaturated/α-hetero) is 1. The molecule has 0 aromatic carbocycles. The minimum atomic E-state index is -2.10. The number of rotatable bonds is 1. The summed E-state index contributed by atoms with van der Waals surface area (Å²) in [6, 6.07) is 0. The van der Waals surface area contributed by atoms with Crippen molar-refractivity contribution in [3.05, 3.63) is 0 Å². The normalized spacial score (nSPS) is 61.6. The van der Waals surface area contributed by atoms with E-state index in [1.165, 1.54) is 6.92 Å². The van der Waals surface area contributed by atoms with Crippen LogP contribution in [0.5, 0.6) is 0 Å². The van der Waals surface area contributed by atoms with Crippen molar-refractivity contribution in [1.29, 1.82) is 0 Å². The molecule has 0 bridgehead atoms. The molecule has 0 aromatic rings. The summed E-state index contributed by atoms with van der Waals surface area (Å²) in [6.07, 6.45) is -3.60. The maximum atomic E-state index is 13.4. The second-order valence-electron chi connectivity index (χ2n) is 10.5. The van der Waals surface area contributed by atoms with Crippen LogP contribution in [0.2, 0.25) is 0 Å². The van der Waals surface area contributed by atoms with Gasteiger partial charge in [0.2, 0.25) is 0 Å². The molecule has 0 aromatic heterocycles. The molecular weight excluding hydrogens is 352 g/mol. The summed E-state index contributed by atoms with van der Waals surface area (Å²) in [4.78, 5) is 13.4. The van der Waals surface area contributed by atoms with Gasteiger partial charge in [-0.05, 0) is 42.9 Å². The van der Waals surface area contributed by atoms with Crippen LogP contribution in [0.25, 0.3) is 0 Å². The number of ketones is 1. The number of carbonyl (C=O) groups excluding carboxylic acids is 1. The Labute approximate surface area is 159 Å². The number of hydrogen-bond donors (Lipinski definition) is 6. The Hall–Kier alpha value is -0.570. The standard InChI is InChI=1S/C20H32O7/c1-8-6-20(27)12(13(8)23)15(24)19(7-21)10(22)5-9-11(17(9,2)3)14(19)18(4,26)16(20)25/h8-15,21-24,26-27H,5-7H2,1-4H3. The fourth-order valence-corrected chi connectivity index (χ4v) is 7.44. The van der Waals surface area contributed by atoms with E-state index in [2.05, 4.69) is 0 Å². The topological polar surface area (TPSA) is 138 Å². The predicted octanol–water partition coefficient (Wildman–Crippen LogP) is -0.939. The lowest BCUT2D eigenvalue weighted by molar-refractivity contribution is -0.210. The first kappa shape index (κ1) is 19.7. The van der Waals surface area contributed by atoms with Crippen molar-refractivity contribution in [2.75, 3.05) is 6.61 Å². The molecule has 4 aliphatic carbocycles. The van der Waals surface area contributed by atoms with Crippen LogP contribution in [0.3, 0.4) is 0 Å². The Morgan fingerprint density at radius 2 is 1.67 bits per heavy atom. The summed E-state index contributed by atoms with van der Waals surface area (Å²) in [5, 5.41) is 66.3. The molecule has 4 aliphatic rings. The molecule has 0 saturated heterocycles. The molecule has 11 unspecified atom stereocenters. The van der Waals surface area contributed by atoms with Gasteiger partial charge in [0.05, 0.1) is 30.3 Å². The average Bonchev–Trinajstić information content (AvgIpc) is 3.01. The molecule has 11 atom stereocenters. The van der Waals surface area contributed by atoms with Crippen molar-refractivity contribution in [2.45, 2.75) is 70.1 Å². The van der Waals surface area contributed by atoms with E-state index >= 15 is 0 Å². The molecule has 27 heavy (non-hydrogen) atoms. The smallest absolute Gasteiger partial charge is 0.196 e. The first-order valence-electron chi connectivity index (χ1n) is 9.94. The van der Waals surface area contributed by atoms with Crippen LogP contribution < -0.4 is 0 Å². The molecule has 6 N–H and O–H groups in total. The number of aliphatic hydroxyl groups is 6. The average molecular weight is 384 g/mol. The summed E-state index contributed by atoms with van der Waals surface area (Å²) in [7, 11) is 0. The van der Waals surface area contributed by atoms with Crippen molar-refractivity contribution >= 4 is 5.78 Å². The lowest BCUT2D eigenvalue weighted by Crippen LogP contribution is -2.63. The SMILES string of the molecule is CC1CC2(O)C(=O)C(C)(O)C3C4C(CC(O)C3(CO)C(O)C2C1O)C4(C)C. The van der Waals surface area contributed by atoms with Gasteiger partial charge in [-0.2, -0.15) is 0 Å². The number of fused-ring (bicyclic) bond motifs is 4. The zero-order valence-corrected chi connectivity index (χ0v) is 16.3. The van der Waals surface area contributed by atoms with Crippen molar-refractivity contribution in [2.24, 2.45) is 40.4 Å². The van der Waals surface area contributed by atoms with E-state index in [0.717, 1.165) is 0 Å². The molecule has 4 fully saturated rings. The number of aliphatic hydroxyl groups excluding tert-OH is 4. The van der Waals surface area contributed by atoms with Gasteiger partial charge in [-0.3, -0.25) is 4.79 Å². The van der Waals surface area contributed by atoms with Crippen molar-refractivity contribution in [3.63, 3.8) is 0 Å². The van der Waals surface area contributed by atoms with Crippen molar-refractivity contribution < 1.29 is 35.4 Å². The highest BCUT2D eigenvalue weighted by molar-refractivity contribution is 5.96. The zero-order valence-electron chi connectivity index (χ0n) is 16.3. The van der Waals surface area contributed by atoms with Gasteiger partial charge in [-0.15, -0.1) is 0 Å². The molecule has 0 spiro atoms. The van der Waals surface area contributed by atoms with Gasteiger partial charge in [-0.1, -0.05) is 20.8 Å². The van der Waals surface area contributed by atoms with Crippen LogP contribution in [0.15, 0.2) is 0 Å². The monoisotopic (exact) mass is 384 g/mol. The van der Waals surface area contributed by atoms with Crippen molar-refractivity contribution in [3.8, 4) is 0 Å². The van der Waals surface area contributed by atoms with Gasteiger partial charge in [-0.25, -0.2) is 0 Å². The lowest BCUT2D eigenvalue weighted by atomic mass is 9.56. The zero-order chi connectivity index (χ0) is 20.3. The minimum absolute atomic E-state index is 0.0556. The molecule has 154 valence electrons. The molecule has 4 saturated carbocycles. The van der Waals surface area contributed by atoms with Gasteiger partial charge in [0.25, 0.3) is 0 Å². The number of hydrogen-bond acceptors (Lipinski definition) is 7. The summed E-state index contributed by atoms with van der Waals surface area (Å²) < 4.78 is 0. The largest absolute Gasteiger partial charge is 0.396 e. The van der Waals surface area contributed by atoms with Gasteiger partial charge < -0.3 is 30.6 Å². The third-order valence-corrected chi connectivity index (χ3v) is 8.93. The highest BCUT2D eigenvalue weighted by Gasteiger charge is 2.80. The van der Waals surface area contributed by atoms with Gasteiger partial charge >= 0.3 is 0 Å². The second kappa shape index (κ2) is 5.32. The van der Waals surface area contributed by atoms with Gasteiger partial charge in [0, 0.05) is 11.8 Å². The van der Waals surface area contributed by atoms with Crippen LogP contribution in [0.4, 0.5) is 0 Å². The molecule has 0 aliphatic heterocycles. The van der Waals surface area contributed by atoms with E-state index in [9.17, 15) is 35.4 Å². The van der Waals surface area contributed by atoms with E-state index in [4.69, 9.17) is 0 Å². The Balaban J connectivity index is 1.97. The quantitative estimate of drug-likeness (QED) is 0.343. The van der Waals surface area contributed by atoms with Crippen LogP contribution in [0, 0.1) is 40.4 Å². The molecule has 4 rings (SSSR count). The van der Waals surface area contributed by atoms with E-state index in [0.29, 0.717) is 6.42 Å². The number of carbonyl (C=O) groups is 1. The maximum absolute atomic E-state index is 13.4. The van der Waals surface area contributed by atoms with E-state index in [1.54, 1.807) is 6.92 Å². The molecule has 7 heteroatoms. The van der Waals surface area contributed by atoms with Crippen LogP contribution in [0.1, 0.15) is 40.5 Å². The van der Waals surface area contributed by atoms with Crippen LogP contribution >= 0.6 is 0 Å². The lowest BCUT2D eigenvalue weighted by Gasteiger charge is -2.52. The van der Waals surface area contributed by atoms with Crippen molar-refractivity contribution in [1.82, 2.24) is 0 Å². The Bertz CT molecular complexity index is 675. The second-order valence-corrected chi connectivity index (χ2v) is 10.5. The molecule has 0 radical (unpaired) electrons. The van der Waals surface area contributed by atoms with Gasteiger partial charge in [0.15, 0.2) is 5.78 Å². The van der Waals surface area contributed by atoms with Gasteiger partial charge in [0.1, 0.15) is 11.2 Å². The third-order valence-electron chi connectivity index (χ3n) is 8.93. The van der Waals surface area contributed by atoms with E-state index in [1.807, 2.05) is 13.8 Å². The Morgan fingerprint density at radius 3 is 2.22 bits per heavy atom. The summed E-state index contributed by atoms with van der Waals surface area (Å²) in [5.41, 5.74) is -6.00. The Morgan fingerprint density at radius 1 is 1.07 bits per heavy atom. The highest BCUT2D eigenvalue weighted by atomic mass is 16.3. The predicted molar refractivity (Wildman–Crippen MR) is 94.3 cm³/mol. The maximum Gasteiger partial charge on any atom is 0.196 e. The molecule has 0 amide bonds. The minimum Gasteiger partial charge on any atom is -0.396 e. The fourth-order valence-electron chi connectivity index (χ4n) is 7.44. The summed E-state index contributed by atoms with van der Waals surface area (Å²) in [6.45, 7) is 6.35. The summed E-state index contributed by atoms with van der Waals surface area (Å²) in [5.74, 6) is -3.60.